The highest BCUT2D eigenvalue weighted by atomic mass is 32.2. The second-order valence-electron chi connectivity index (χ2n) is 6.82. The fourth-order valence-corrected chi connectivity index (χ4v) is 4.60. The smallest absolute Gasteiger partial charge is 0.318 e. The van der Waals surface area contributed by atoms with Gasteiger partial charge >= 0.3 is 5.97 Å². The molecule has 0 aliphatic carbocycles. The Balaban J connectivity index is 1.53. The molecule has 6 heteroatoms. The predicted molar refractivity (Wildman–Crippen MR) is 116 cm³/mol. The van der Waals surface area contributed by atoms with Gasteiger partial charge in [-0.25, -0.2) is 0 Å². The van der Waals surface area contributed by atoms with Gasteiger partial charge in [-0.05, 0) is 41.0 Å². The van der Waals surface area contributed by atoms with Crippen molar-refractivity contribution in [3.63, 3.8) is 0 Å². The van der Waals surface area contributed by atoms with E-state index in [9.17, 15) is 9.90 Å². The summed E-state index contributed by atoms with van der Waals surface area (Å²) in [5, 5.41) is 14.3. The van der Waals surface area contributed by atoms with Crippen molar-refractivity contribution in [2.45, 2.75) is 24.2 Å². The van der Waals surface area contributed by atoms with Gasteiger partial charge in [-0.3, -0.25) is 10.1 Å². The van der Waals surface area contributed by atoms with Crippen LogP contribution in [-0.4, -0.2) is 29.5 Å². The summed E-state index contributed by atoms with van der Waals surface area (Å²) in [4.78, 5) is 11.2. The Morgan fingerprint density at radius 1 is 1.10 bits per heavy atom. The van der Waals surface area contributed by atoms with Crippen LogP contribution in [0.2, 0.25) is 0 Å². The Bertz CT molecular complexity index is 1020. The van der Waals surface area contributed by atoms with Gasteiger partial charge in [-0.15, -0.1) is 11.8 Å². The van der Waals surface area contributed by atoms with Crippen LogP contribution >= 0.6 is 11.8 Å². The first-order valence-corrected chi connectivity index (χ1v) is 10.6. The van der Waals surface area contributed by atoms with Gasteiger partial charge in [0.1, 0.15) is 11.9 Å². The summed E-state index contributed by atoms with van der Waals surface area (Å²) >= 11 is 1.41. The molecule has 0 bridgehead atoms. The summed E-state index contributed by atoms with van der Waals surface area (Å²) < 4.78 is 11.9. The molecule has 0 amide bonds. The summed E-state index contributed by atoms with van der Waals surface area (Å²) in [5.41, 5.74) is 2.10. The van der Waals surface area contributed by atoms with Gasteiger partial charge < -0.3 is 14.6 Å². The van der Waals surface area contributed by atoms with Crippen molar-refractivity contribution in [1.29, 1.82) is 0 Å². The number of ether oxygens (including phenoxy) is 2. The summed E-state index contributed by atoms with van der Waals surface area (Å²) in [5.74, 6) is 0.567. The number of fused-ring (bicyclic) bond motifs is 1. The van der Waals surface area contributed by atoms with Crippen molar-refractivity contribution in [3.05, 3.63) is 71.8 Å². The van der Waals surface area contributed by atoms with Crippen LogP contribution in [0.15, 0.2) is 60.7 Å². The van der Waals surface area contributed by atoms with Gasteiger partial charge in [0.2, 0.25) is 0 Å². The van der Waals surface area contributed by atoms with Crippen LogP contribution in [0.25, 0.3) is 10.8 Å². The Labute approximate surface area is 174 Å². The third kappa shape index (κ3) is 4.33. The Kier molecular flexibility index (Phi) is 5.92. The van der Waals surface area contributed by atoms with E-state index in [1.807, 2.05) is 43.3 Å². The highest BCUT2D eigenvalue weighted by Crippen LogP contribution is 2.39. The van der Waals surface area contributed by atoms with Crippen LogP contribution in [0.4, 0.5) is 0 Å². The molecule has 0 saturated carbocycles. The number of thioether (sulfide) groups is 1. The zero-order chi connectivity index (χ0) is 20.2. The molecule has 1 saturated heterocycles. The number of hydrogen-bond acceptors (Lipinski definition) is 5. The lowest BCUT2D eigenvalue weighted by Gasteiger charge is -2.16. The van der Waals surface area contributed by atoms with Crippen LogP contribution in [0.5, 0.6) is 11.5 Å². The molecule has 1 heterocycles. The first-order valence-electron chi connectivity index (χ1n) is 9.63. The van der Waals surface area contributed by atoms with Gasteiger partial charge in [0.25, 0.3) is 0 Å². The van der Waals surface area contributed by atoms with E-state index in [1.165, 1.54) is 22.5 Å². The third-order valence-corrected chi connectivity index (χ3v) is 6.31. The second-order valence-corrected chi connectivity index (χ2v) is 8.13. The lowest BCUT2D eigenvalue weighted by molar-refractivity contribution is -0.136. The Morgan fingerprint density at radius 2 is 1.93 bits per heavy atom. The van der Waals surface area contributed by atoms with Crippen molar-refractivity contribution in [3.8, 4) is 11.5 Å². The van der Waals surface area contributed by atoms with Gasteiger partial charge in [-0.2, -0.15) is 0 Å². The van der Waals surface area contributed by atoms with E-state index < -0.39 is 11.2 Å². The second kappa shape index (κ2) is 8.76. The minimum absolute atomic E-state index is 0.0672. The number of aliphatic carboxylic acids is 1. The monoisotopic (exact) mass is 409 g/mol. The molecular weight excluding hydrogens is 386 g/mol. The minimum Gasteiger partial charge on any atom is -0.490 e. The maximum absolute atomic E-state index is 11.2. The quantitative estimate of drug-likeness (QED) is 0.594. The molecule has 0 spiro atoms. The van der Waals surface area contributed by atoms with E-state index in [2.05, 4.69) is 29.6 Å². The van der Waals surface area contributed by atoms with Gasteiger partial charge in [0.05, 0.1) is 12.0 Å². The number of carboxylic acids is 1. The zero-order valence-corrected chi connectivity index (χ0v) is 16.9. The molecule has 5 nitrogen and oxygen atoms in total. The molecular formula is C23H23NO4S. The molecule has 3 aromatic carbocycles. The van der Waals surface area contributed by atoms with E-state index in [-0.39, 0.29) is 5.37 Å². The molecule has 2 N–H and O–H groups in total. The maximum Gasteiger partial charge on any atom is 0.318 e. The molecule has 29 heavy (non-hydrogen) atoms. The zero-order valence-electron chi connectivity index (χ0n) is 16.1. The van der Waals surface area contributed by atoms with Crippen molar-refractivity contribution < 1.29 is 19.4 Å². The van der Waals surface area contributed by atoms with E-state index in [4.69, 9.17) is 9.47 Å². The molecule has 4 rings (SSSR count). The largest absolute Gasteiger partial charge is 0.490 e. The van der Waals surface area contributed by atoms with Gasteiger partial charge in [0, 0.05) is 6.54 Å². The summed E-state index contributed by atoms with van der Waals surface area (Å²) in [6.07, 6.45) is 0. The van der Waals surface area contributed by atoms with E-state index in [0.717, 1.165) is 11.1 Å². The van der Waals surface area contributed by atoms with Crippen molar-refractivity contribution in [2.75, 3.05) is 13.2 Å². The van der Waals surface area contributed by atoms with Crippen molar-refractivity contribution in [1.82, 2.24) is 5.32 Å². The fraction of sp³-hybridized carbons (Fsp3) is 0.261. The van der Waals surface area contributed by atoms with Crippen LogP contribution < -0.4 is 14.8 Å². The molecule has 0 unspecified atom stereocenters. The first-order chi connectivity index (χ1) is 14.2. The summed E-state index contributed by atoms with van der Waals surface area (Å²) in [6, 6.07) is 20.3. The Morgan fingerprint density at radius 3 is 2.72 bits per heavy atom. The van der Waals surface area contributed by atoms with Gasteiger partial charge in [0.15, 0.2) is 11.5 Å². The summed E-state index contributed by atoms with van der Waals surface area (Å²) in [6.45, 7) is 3.35. The number of rotatable bonds is 7. The standard InChI is InChI=1S/C23H23NO4S/c1-2-27-20-12-16(22-24-13-21(29-22)23(25)26)10-11-19(20)28-14-17-8-5-7-15-6-3-4-9-18(15)17/h3-12,21-22,24H,2,13-14H2,1H3,(H,25,26)/t21-,22+/m0/s1. The number of nitrogens with one attached hydrogen (secondary N) is 1. The van der Waals surface area contributed by atoms with Crippen molar-refractivity contribution in [2.24, 2.45) is 0 Å². The molecule has 1 fully saturated rings. The van der Waals surface area contributed by atoms with E-state index in [0.29, 0.717) is 31.3 Å². The minimum atomic E-state index is -0.787. The van der Waals surface area contributed by atoms with Crippen LogP contribution in [0.1, 0.15) is 23.4 Å². The normalized spacial score (nSPS) is 18.7. The van der Waals surface area contributed by atoms with E-state index >= 15 is 0 Å². The molecule has 0 radical (unpaired) electrons. The topological polar surface area (TPSA) is 67.8 Å². The molecule has 150 valence electrons. The molecule has 2 atom stereocenters. The third-order valence-electron chi connectivity index (χ3n) is 4.90. The average molecular weight is 410 g/mol. The number of benzene rings is 3. The number of carbonyl (C=O) groups is 1. The van der Waals surface area contributed by atoms with Gasteiger partial charge in [-0.1, -0.05) is 48.5 Å². The SMILES string of the molecule is CCOc1cc([C@@H]2NC[C@@H](C(=O)O)S2)ccc1OCc1cccc2ccccc12. The highest BCUT2D eigenvalue weighted by molar-refractivity contribution is 8.01. The number of carboxylic acid groups (broad SMARTS) is 1. The van der Waals surface area contributed by atoms with Crippen molar-refractivity contribution >= 4 is 28.5 Å². The van der Waals surface area contributed by atoms with Crippen LogP contribution in [0, 0.1) is 0 Å². The van der Waals surface area contributed by atoms with E-state index in [1.54, 1.807) is 0 Å². The molecule has 0 aromatic heterocycles. The van der Waals surface area contributed by atoms with Crippen LogP contribution in [-0.2, 0) is 11.4 Å². The molecule has 1 aliphatic heterocycles. The number of hydrogen-bond donors (Lipinski definition) is 2. The molecule has 3 aromatic rings. The lowest BCUT2D eigenvalue weighted by Crippen LogP contribution is -2.21. The fourth-order valence-electron chi connectivity index (χ4n) is 3.47. The first kappa shape index (κ1) is 19.6. The average Bonchev–Trinajstić information content (AvgIpc) is 3.24. The maximum atomic E-state index is 11.2. The lowest BCUT2D eigenvalue weighted by atomic mass is 10.1. The summed E-state index contributed by atoms with van der Waals surface area (Å²) in [7, 11) is 0. The molecule has 1 aliphatic rings. The predicted octanol–water partition coefficient (Wildman–Crippen LogP) is 4.61. The van der Waals surface area contributed by atoms with Crippen LogP contribution in [0.3, 0.4) is 0 Å². The Hall–Kier alpha value is -2.70. The highest BCUT2D eigenvalue weighted by Gasteiger charge is 2.31.